The van der Waals surface area contributed by atoms with Gasteiger partial charge in [0, 0.05) is 12.4 Å². The van der Waals surface area contributed by atoms with E-state index in [1.54, 1.807) is 0 Å². The van der Waals surface area contributed by atoms with Crippen molar-refractivity contribution in [2.45, 2.75) is 6.43 Å². The number of imidazole rings is 1. The lowest BCUT2D eigenvalue weighted by Gasteiger charge is -2.01. The number of carboxylic acid groups (broad SMARTS) is 1. The number of hydrogen-bond acceptors (Lipinski definition) is 3. The topological polar surface area (TPSA) is 67.5 Å². The molecule has 2 aromatic rings. The average Bonchev–Trinajstić information content (AvgIpc) is 2.59. The molecule has 0 bridgehead atoms. The summed E-state index contributed by atoms with van der Waals surface area (Å²) in [6, 6.07) is 0. The molecule has 0 fully saturated rings. The van der Waals surface area contributed by atoms with Crippen molar-refractivity contribution in [3.63, 3.8) is 0 Å². The quantitative estimate of drug-likeness (QED) is 0.817. The summed E-state index contributed by atoms with van der Waals surface area (Å²) in [5, 5.41) is 8.73. The Labute approximate surface area is 82.0 Å². The van der Waals surface area contributed by atoms with Crippen LogP contribution >= 0.6 is 0 Å². The Morgan fingerprint density at radius 3 is 2.80 bits per heavy atom. The minimum Gasteiger partial charge on any atom is -0.477 e. The SMILES string of the molecule is O=C(O)c1cnc2c(C(F)F)nccn12. The van der Waals surface area contributed by atoms with Crippen LogP contribution in [0.15, 0.2) is 18.6 Å². The van der Waals surface area contributed by atoms with Gasteiger partial charge in [-0.1, -0.05) is 0 Å². The standard InChI is InChI=1S/C8H5F2N3O2/c9-6(10)5-7-12-3-4(8(14)15)13(7)2-1-11-5/h1-3,6H,(H,14,15). The summed E-state index contributed by atoms with van der Waals surface area (Å²) in [6.07, 6.45) is 0.628. The summed E-state index contributed by atoms with van der Waals surface area (Å²) >= 11 is 0. The lowest BCUT2D eigenvalue weighted by atomic mass is 10.4. The van der Waals surface area contributed by atoms with Crippen LogP contribution in [0.1, 0.15) is 22.6 Å². The molecule has 0 aromatic carbocycles. The monoisotopic (exact) mass is 213 g/mol. The van der Waals surface area contributed by atoms with Crippen molar-refractivity contribution in [2.24, 2.45) is 0 Å². The first-order chi connectivity index (χ1) is 7.11. The summed E-state index contributed by atoms with van der Waals surface area (Å²) < 4.78 is 26.0. The van der Waals surface area contributed by atoms with E-state index in [2.05, 4.69) is 9.97 Å². The van der Waals surface area contributed by atoms with Crippen LogP contribution in [-0.2, 0) is 0 Å². The Morgan fingerprint density at radius 1 is 1.47 bits per heavy atom. The van der Waals surface area contributed by atoms with Crippen LogP contribution in [0.4, 0.5) is 8.78 Å². The summed E-state index contributed by atoms with van der Waals surface area (Å²) in [6.45, 7) is 0. The Morgan fingerprint density at radius 2 is 2.20 bits per heavy atom. The molecular formula is C8H5F2N3O2. The average molecular weight is 213 g/mol. The third-order valence-electron chi connectivity index (χ3n) is 1.88. The molecule has 0 atom stereocenters. The number of carbonyl (C=O) groups is 1. The van der Waals surface area contributed by atoms with Crippen LogP contribution in [0, 0.1) is 0 Å². The van der Waals surface area contributed by atoms with Gasteiger partial charge in [-0.05, 0) is 0 Å². The molecule has 1 N–H and O–H groups in total. The molecule has 2 aromatic heterocycles. The van der Waals surface area contributed by atoms with Crippen molar-refractivity contribution in [1.29, 1.82) is 0 Å². The van der Waals surface area contributed by atoms with Crippen molar-refractivity contribution in [3.05, 3.63) is 30.0 Å². The van der Waals surface area contributed by atoms with Gasteiger partial charge in [0.1, 0.15) is 5.69 Å². The van der Waals surface area contributed by atoms with Gasteiger partial charge in [-0.15, -0.1) is 0 Å². The molecule has 0 unspecified atom stereocenters. The maximum atomic E-state index is 12.4. The zero-order valence-electron chi connectivity index (χ0n) is 7.26. The number of alkyl halides is 2. The number of nitrogens with zero attached hydrogens (tertiary/aromatic N) is 3. The third-order valence-corrected chi connectivity index (χ3v) is 1.88. The molecule has 2 heterocycles. The van der Waals surface area contributed by atoms with Gasteiger partial charge >= 0.3 is 5.97 Å². The predicted octanol–water partition coefficient (Wildman–Crippen LogP) is 1.37. The highest BCUT2D eigenvalue weighted by Gasteiger charge is 2.18. The maximum Gasteiger partial charge on any atom is 0.354 e. The van der Waals surface area contributed by atoms with Crippen LogP contribution in [0.5, 0.6) is 0 Å². The Balaban J connectivity index is 2.74. The Hall–Kier alpha value is -2.05. The van der Waals surface area contributed by atoms with Crippen LogP contribution in [0.25, 0.3) is 5.65 Å². The second-order valence-corrected chi connectivity index (χ2v) is 2.76. The highest BCUT2D eigenvalue weighted by molar-refractivity contribution is 5.86. The first kappa shape index (κ1) is 9.50. The van der Waals surface area contributed by atoms with Crippen LogP contribution in [0.3, 0.4) is 0 Å². The molecule has 0 saturated carbocycles. The number of aromatic nitrogens is 3. The third kappa shape index (κ3) is 1.41. The first-order valence-electron chi connectivity index (χ1n) is 3.94. The normalized spacial score (nSPS) is 11.1. The highest BCUT2D eigenvalue weighted by Crippen LogP contribution is 2.20. The van der Waals surface area contributed by atoms with Gasteiger partial charge in [0.05, 0.1) is 6.20 Å². The van der Waals surface area contributed by atoms with Gasteiger partial charge < -0.3 is 5.11 Å². The van der Waals surface area contributed by atoms with E-state index >= 15 is 0 Å². The molecular weight excluding hydrogens is 208 g/mol. The fraction of sp³-hybridized carbons (Fsp3) is 0.125. The first-order valence-corrected chi connectivity index (χ1v) is 3.94. The zero-order valence-corrected chi connectivity index (χ0v) is 7.26. The second-order valence-electron chi connectivity index (χ2n) is 2.76. The molecule has 15 heavy (non-hydrogen) atoms. The van der Waals surface area contributed by atoms with Crippen LogP contribution < -0.4 is 0 Å². The molecule has 0 amide bonds. The van der Waals surface area contributed by atoms with Gasteiger partial charge in [-0.3, -0.25) is 4.40 Å². The summed E-state index contributed by atoms with van der Waals surface area (Å²) in [5.74, 6) is -1.23. The van der Waals surface area contributed by atoms with Gasteiger partial charge in [-0.2, -0.15) is 0 Å². The minimum absolute atomic E-state index is 0.134. The fourth-order valence-electron chi connectivity index (χ4n) is 1.25. The van der Waals surface area contributed by atoms with Crippen molar-refractivity contribution >= 4 is 11.6 Å². The Kier molecular flexibility index (Phi) is 2.07. The van der Waals surface area contributed by atoms with Crippen molar-refractivity contribution in [2.75, 3.05) is 0 Å². The molecule has 0 aliphatic rings. The van der Waals surface area contributed by atoms with Crippen LogP contribution in [0.2, 0.25) is 0 Å². The van der Waals surface area contributed by atoms with Crippen LogP contribution in [-0.4, -0.2) is 25.4 Å². The van der Waals surface area contributed by atoms with Gasteiger partial charge in [0.15, 0.2) is 11.3 Å². The summed E-state index contributed by atoms with van der Waals surface area (Å²) in [4.78, 5) is 17.7. The second kappa shape index (κ2) is 3.26. The highest BCUT2D eigenvalue weighted by atomic mass is 19.3. The van der Waals surface area contributed by atoms with Crippen molar-refractivity contribution < 1.29 is 18.7 Å². The van der Waals surface area contributed by atoms with E-state index < -0.39 is 18.1 Å². The molecule has 2 rings (SSSR count). The fourth-order valence-corrected chi connectivity index (χ4v) is 1.25. The maximum absolute atomic E-state index is 12.4. The lowest BCUT2D eigenvalue weighted by Crippen LogP contribution is -2.03. The largest absolute Gasteiger partial charge is 0.477 e. The molecule has 0 spiro atoms. The van der Waals surface area contributed by atoms with Gasteiger partial charge in [0.2, 0.25) is 0 Å². The summed E-state index contributed by atoms with van der Waals surface area (Å²) in [7, 11) is 0. The molecule has 0 radical (unpaired) electrons. The number of aromatic carboxylic acids is 1. The van der Waals surface area contributed by atoms with E-state index in [4.69, 9.17) is 5.11 Å². The number of carboxylic acids is 1. The van der Waals surface area contributed by atoms with Gasteiger partial charge in [-0.25, -0.2) is 23.5 Å². The zero-order chi connectivity index (χ0) is 11.0. The lowest BCUT2D eigenvalue weighted by molar-refractivity contribution is 0.0689. The Bertz CT molecular complexity index is 524. The van der Waals surface area contributed by atoms with Gasteiger partial charge in [0.25, 0.3) is 6.43 Å². The van der Waals surface area contributed by atoms with E-state index in [9.17, 15) is 13.6 Å². The molecule has 0 saturated heterocycles. The van der Waals surface area contributed by atoms with E-state index in [1.165, 1.54) is 6.20 Å². The number of hydrogen-bond donors (Lipinski definition) is 1. The van der Waals surface area contributed by atoms with Crippen molar-refractivity contribution in [3.8, 4) is 0 Å². The van der Waals surface area contributed by atoms with E-state index in [0.29, 0.717) is 0 Å². The number of halogens is 2. The minimum atomic E-state index is -2.78. The summed E-state index contributed by atoms with van der Waals surface area (Å²) in [5.41, 5.74) is -0.829. The molecule has 0 aliphatic carbocycles. The molecule has 5 nitrogen and oxygen atoms in total. The molecule has 78 valence electrons. The van der Waals surface area contributed by atoms with E-state index in [0.717, 1.165) is 16.8 Å². The molecule has 0 aliphatic heterocycles. The van der Waals surface area contributed by atoms with E-state index in [1.807, 2.05) is 0 Å². The van der Waals surface area contributed by atoms with Crippen molar-refractivity contribution in [1.82, 2.24) is 14.4 Å². The predicted molar refractivity (Wildman–Crippen MR) is 44.9 cm³/mol. The van der Waals surface area contributed by atoms with E-state index in [-0.39, 0.29) is 11.3 Å². The molecule has 7 heteroatoms. The number of rotatable bonds is 2. The number of fused-ring (bicyclic) bond motifs is 1. The smallest absolute Gasteiger partial charge is 0.354 e.